The first-order chi connectivity index (χ1) is 9.62. The molecule has 1 aromatic heterocycles. The molecule has 2 N–H and O–H groups in total. The predicted molar refractivity (Wildman–Crippen MR) is 78.9 cm³/mol. The van der Waals surface area contributed by atoms with Crippen LogP contribution in [0.4, 0.5) is 0 Å². The Kier molecular flexibility index (Phi) is 4.41. The van der Waals surface area contributed by atoms with Gasteiger partial charge in [0.05, 0.1) is 11.9 Å². The summed E-state index contributed by atoms with van der Waals surface area (Å²) in [5.74, 6) is 0.103. The van der Waals surface area contributed by atoms with Gasteiger partial charge in [0.1, 0.15) is 11.3 Å². The number of sulfonamides is 1. The third kappa shape index (κ3) is 4.02. The molecule has 2 rings (SSSR count). The number of aliphatic hydroxyl groups is 1. The molecule has 0 aromatic carbocycles. The smallest absolute Gasteiger partial charge is 0.214 e. The number of hydrogen-bond acceptors (Lipinski definition) is 5. The normalized spacial score (nSPS) is 25.1. The molecule has 1 aliphatic heterocycles. The van der Waals surface area contributed by atoms with Crippen LogP contribution < -0.4 is 0 Å². The van der Waals surface area contributed by atoms with E-state index in [2.05, 4.69) is 15.4 Å². The van der Waals surface area contributed by atoms with E-state index in [1.54, 1.807) is 0 Å². The molecule has 2 heterocycles. The molecule has 0 unspecified atom stereocenters. The fraction of sp³-hybridized carbons (Fsp3) is 0.846. The number of H-pyrrole nitrogens is 1. The summed E-state index contributed by atoms with van der Waals surface area (Å²) in [6, 6.07) is 0. The van der Waals surface area contributed by atoms with Crippen molar-refractivity contribution >= 4 is 10.0 Å². The van der Waals surface area contributed by atoms with E-state index in [4.69, 9.17) is 0 Å². The summed E-state index contributed by atoms with van der Waals surface area (Å²) in [7, 11) is -3.36. The number of nitrogens with zero attached hydrogens (tertiary/aromatic N) is 3. The topological polar surface area (TPSA) is 99.2 Å². The summed E-state index contributed by atoms with van der Waals surface area (Å²) in [5, 5.41) is 20.7. The van der Waals surface area contributed by atoms with Crippen molar-refractivity contribution in [1.82, 2.24) is 19.7 Å². The van der Waals surface area contributed by atoms with Crippen LogP contribution in [0.1, 0.15) is 45.7 Å². The van der Waals surface area contributed by atoms with Crippen LogP contribution in [0.3, 0.4) is 0 Å². The average Bonchev–Trinajstić information content (AvgIpc) is 2.90. The summed E-state index contributed by atoms with van der Waals surface area (Å²) < 4.78 is 26.3. The van der Waals surface area contributed by atoms with Gasteiger partial charge in [-0.25, -0.2) is 8.42 Å². The molecule has 0 bridgehead atoms. The van der Waals surface area contributed by atoms with E-state index < -0.39 is 15.6 Å². The van der Waals surface area contributed by atoms with E-state index in [1.165, 1.54) is 10.5 Å². The van der Waals surface area contributed by atoms with E-state index in [-0.39, 0.29) is 17.7 Å². The first kappa shape index (κ1) is 16.4. The highest BCUT2D eigenvalue weighted by atomic mass is 32.2. The summed E-state index contributed by atoms with van der Waals surface area (Å²) >= 11 is 0. The Bertz CT molecular complexity index is 565. The van der Waals surface area contributed by atoms with Crippen LogP contribution in [0.15, 0.2) is 6.20 Å². The largest absolute Gasteiger partial charge is 0.382 e. The first-order valence-corrected chi connectivity index (χ1v) is 8.80. The Morgan fingerprint density at radius 3 is 2.76 bits per heavy atom. The lowest BCUT2D eigenvalue weighted by Gasteiger charge is -2.37. The highest BCUT2D eigenvalue weighted by molar-refractivity contribution is 7.89. The maximum absolute atomic E-state index is 12.5. The molecule has 0 saturated carbocycles. The molecule has 1 aromatic rings. The molecule has 120 valence electrons. The fourth-order valence-corrected chi connectivity index (χ4v) is 4.38. The highest BCUT2D eigenvalue weighted by Gasteiger charge is 2.41. The van der Waals surface area contributed by atoms with Crippen molar-refractivity contribution in [2.24, 2.45) is 5.41 Å². The van der Waals surface area contributed by atoms with Gasteiger partial charge < -0.3 is 5.11 Å². The maximum atomic E-state index is 12.5. The van der Waals surface area contributed by atoms with Crippen molar-refractivity contribution in [1.29, 1.82) is 0 Å². The minimum Gasteiger partial charge on any atom is -0.382 e. The molecule has 0 spiro atoms. The molecule has 0 radical (unpaired) electrons. The van der Waals surface area contributed by atoms with Gasteiger partial charge in [0, 0.05) is 13.1 Å². The van der Waals surface area contributed by atoms with Crippen LogP contribution in [0.2, 0.25) is 0 Å². The Labute approximate surface area is 125 Å². The second-order valence-corrected chi connectivity index (χ2v) is 9.04. The molecular formula is C13H24N4O3S. The number of rotatable bonds is 4. The van der Waals surface area contributed by atoms with Crippen LogP contribution in [0.5, 0.6) is 0 Å². The Balaban J connectivity index is 2.10. The molecule has 7 nitrogen and oxygen atoms in total. The van der Waals surface area contributed by atoms with Gasteiger partial charge >= 0.3 is 0 Å². The average molecular weight is 316 g/mol. The van der Waals surface area contributed by atoms with Crippen molar-refractivity contribution < 1.29 is 13.5 Å². The van der Waals surface area contributed by atoms with Crippen LogP contribution in [-0.2, 0) is 15.6 Å². The van der Waals surface area contributed by atoms with E-state index in [0.29, 0.717) is 31.5 Å². The standard InChI is InChI=1S/C13H24N4O3S/c1-12(2,3)6-8-21(19,20)17-7-4-5-13(18,10-17)11-9-14-16-15-11/h9,18H,4-8,10H2,1-3H3,(H,14,15,16)/t13-/m0/s1. The van der Waals surface area contributed by atoms with Crippen molar-refractivity contribution in [2.75, 3.05) is 18.8 Å². The van der Waals surface area contributed by atoms with Gasteiger partial charge in [0.15, 0.2) is 0 Å². The van der Waals surface area contributed by atoms with Gasteiger partial charge in [-0.15, -0.1) is 0 Å². The molecule has 0 aliphatic carbocycles. The van der Waals surface area contributed by atoms with Crippen molar-refractivity contribution in [3.8, 4) is 0 Å². The van der Waals surface area contributed by atoms with Crippen LogP contribution in [0.25, 0.3) is 0 Å². The lowest BCUT2D eigenvalue weighted by atomic mass is 9.91. The number of hydrogen-bond donors (Lipinski definition) is 2. The minimum absolute atomic E-state index is 0.0364. The minimum atomic E-state index is -3.36. The van der Waals surface area contributed by atoms with Gasteiger partial charge in [-0.1, -0.05) is 20.8 Å². The lowest BCUT2D eigenvalue weighted by Crippen LogP contribution is -2.49. The SMILES string of the molecule is CC(C)(C)CCS(=O)(=O)N1CCC[C@@](O)(c2cn[nH]n2)C1. The molecule has 1 fully saturated rings. The molecule has 8 heteroatoms. The van der Waals surface area contributed by atoms with Gasteiger partial charge in [0.25, 0.3) is 0 Å². The van der Waals surface area contributed by atoms with Crippen molar-refractivity contribution in [3.63, 3.8) is 0 Å². The summed E-state index contributed by atoms with van der Waals surface area (Å²) in [6.45, 7) is 6.55. The maximum Gasteiger partial charge on any atom is 0.214 e. The molecule has 1 atom stereocenters. The quantitative estimate of drug-likeness (QED) is 0.858. The number of aromatic amines is 1. The van der Waals surface area contributed by atoms with Gasteiger partial charge in [-0.2, -0.15) is 19.7 Å². The third-order valence-corrected chi connectivity index (χ3v) is 5.65. The zero-order chi connectivity index (χ0) is 15.7. The van der Waals surface area contributed by atoms with Crippen LogP contribution in [0, 0.1) is 5.41 Å². The third-order valence-electron chi connectivity index (χ3n) is 3.83. The summed E-state index contributed by atoms with van der Waals surface area (Å²) in [4.78, 5) is 0. The monoisotopic (exact) mass is 316 g/mol. The molecular weight excluding hydrogens is 292 g/mol. The number of aromatic nitrogens is 3. The lowest BCUT2D eigenvalue weighted by molar-refractivity contribution is -0.0161. The van der Waals surface area contributed by atoms with Crippen molar-refractivity contribution in [3.05, 3.63) is 11.9 Å². The first-order valence-electron chi connectivity index (χ1n) is 7.19. The van der Waals surface area contributed by atoms with Crippen molar-refractivity contribution in [2.45, 2.75) is 45.6 Å². The van der Waals surface area contributed by atoms with E-state index >= 15 is 0 Å². The zero-order valence-electron chi connectivity index (χ0n) is 12.8. The Hall–Kier alpha value is -0.990. The molecule has 1 saturated heterocycles. The fourth-order valence-electron chi connectivity index (χ4n) is 2.43. The second kappa shape index (κ2) is 5.66. The predicted octanol–water partition coefficient (Wildman–Crippen LogP) is 0.854. The van der Waals surface area contributed by atoms with Gasteiger partial charge in [-0.3, -0.25) is 0 Å². The zero-order valence-corrected chi connectivity index (χ0v) is 13.7. The Morgan fingerprint density at radius 1 is 1.48 bits per heavy atom. The number of β-amino-alcohol motifs (C(OH)–C–C–N with tert-alkyl or cyclic N) is 1. The summed E-state index contributed by atoms with van der Waals surface area (Å²) in [6.07, 6.45) is 3.14. The van der Waals surface area contributed by atoms with E-state index in [0.717, 1.165) is 0 Å². The van der Waals surface area contributed by atoms with Crippen LogP contribution >= 0.6 is 0 Å². The van der Waals surface area contributed by atoms with E-state index in [1.807, 2.05) is 20.8 Å². The number of piperidine rings is 1. The van der Waals surface area contributed by atoms with Crippen LogP contribution in [-0.4, -0.2) is 52.1 Å². The molecule has 0 amide bonds. The van der Waals surface area contributed by atoms with Gasteiger partial charge in [0.2, 0.25) is 10.0 Å². The van der Waals surface area contributed by atoms with Gasteiger partial charge in [-0.05, 0) is 24.7 Å². The van der Waals surface area contributed by atoms with E-state index in [9.17, 15) is 13.5 Å². The Morgan fingerprint density at radius 2 is 2.19 bits per heavy atom. The summed E-state index contributed by atoms with van der Waals surface area (Å²) in [5.41, 5.74) is -0.885. The molecule has 21 heavy (non-hydrogen) atoms. The molecule has 1 aliphatic rings. The second-order valence-electron chi connectivity index (χ2n) is 6.95. The highest BCUT2D eigenvalue weighted by Crippen LogP contribution is 2.31. The number of nitrogens with one attached hydrogen (secondary N) is 1.